The molecule has 0 atom stereocenters. The van der Waals surface area contributed by atoms with Crippen LogP contribution in [0.2, 0.25) is 10.0 Å². The molecule has 0 N–H and O–H groups in total. The van der Waals surface area contributed by atoms with E-state index in [0.717, 1.165) is 11.3 Å². The van der Waals surface area contributed by atoms with Gasteiger partial charge in [-0.05, 0) is 30.3 Å². The number of aromatic nitrogens is 2. The molecular weight excluding hydrogens is 381 g/mol. The number of para-hydroxylation sites is 1. The topological polar surface area (TPSA) is 55.2 Å². The fraction of sp³-hybridized carbons (Fsp3) is 0.118. The molecule has 130 valence electrons. The van der Waals surface area contributed by atoms with E-state index in [4.69, 9.17) is 23.2 Å². The van der Waals surface area contributed by atoms with E-state index in [9.17, 15) is 8.42 Å². The molecule has 3 aromatic rings. The first-order valence-electron chi connectivity index (χ1n) is 7.38. The molecule has 25 heavy (non-hydrogen) atoms. The predicted octanol–water partition coefficient (Wildman–Crippen LogP) is 4.00. The maximum Gasteiger partial charge on any atom is 0.243 e. The normalized spacial score (nSPS) is 11.8. The fourth-order valence-corrected chi connectivity index (χ4v) is 4.25. The Morgan fingerprint density at radius 3 is 2.36 bits per heavy atom. The van der Waals surface area contributed by atoms with Crippen molar-refractivity contribution in [3.63, 3.8) is 0 Å². The van der Waals surface area contributed by atoms with Gasteiger partial charge in [0.15, 0.2) is 0 Å². The molecule has 0 spiro atoms. The van der Waals surface area contributed by atoms with Gasteiger partial charge in [-0.2, -0.15) is 9.40 Å². The van der Waals surface area contributed by atoms with Crippen LogP contribution in [0.15, 0.2) is 65.8 Å². The van der Waals surface area contributed by atoms with Crippen molar-refractivity contribution in [2.75, 3.05) is 7.05 Å². The monoisotopic (exact) mass is 395 g/mol. The first-order valence-corrected chi connectivity index (χ1v) is 9.57. The van der Waals surface area contributed by atoms with Crippen molar-refractivity contribution < 1.29 is 8.42 Å². The number of halogens is 2. The summed E-state index contributed by atoms with van der Waals surface area (Å²) in [6.45, 7) is 0.180. The Morgan fingerprint density at radius 1 is 1.08 bits per heavy atom. The Kier molecular flexibility index (Phi) is 5.15. The SMILES string of the molecule is CN(Cc1cnn(-c2ccccc2)c1)S(=O)(=O)c1cc(Cl)cc(Cl)c1. The minimum atomic E-state index is -3.71. The highest BCUT2D eigenvalue weighted by molar-refractivity contribution is 7.89. The molecule has 5 nitrogen and oxygen atoms in total. The van der Waals surface area contributed by atoms with E-state index in [0.29, 0.717) is 0 Å². The van der Waals surface area contributed by atoms with Gasteiger partial charge in [-0.1, -0.05) is 41.4 Å². The van der Waals surface area contributed by atoms with Crippen LogP contribution in [0, 0.1) is 0 Å². The molecule has 0 fully saturated rings. The molecule has 0 unspecified atom stereocenters. The zero-order valence-electron chi connectivity index (χ0n) is 13.3. The van der Waals surface area contributed by atoms with Crippen molar-refractivity contribution in [2.45, 2.75) is 11.4 Å². The standard InChI is InChI=1S/C17H15Cl2N3O2S/c1-21(25(23,24)17-8-14(18)7-15(19)9-17)11-13-10-20-22(12-13)16-5-3-2-4-6-16/h2-10,12H,11H2,1H3. The largest absolute Gasteiger partial charge is 0.243 e. The van der Waals surface area contributed by atoms with Gasteiger partial charge in [0.25, 0.3) is 0 Å². The van der Waals surface area contributed by atoms with E-state index in [1.807, 2.05) is 30.3 Å². The second-order valence-corrected chi connectivity index (χ2v) is 8.41. The molecule has 0 bridgehead atoms. The summed E-state index contributed by atoms with van der Waals surface area (Å²) >= 11 is 11.8. The molecule has 0 aliphatic carbocycles. The van der Waals surface area contributed by atoms with E-state index in [-0.39, 0.29) is 21.5 Å². The van der Waals surface area contributed by atoms with Gasteiger partial charge >= 0.3 is 0 Å². The third kappa shape index (κ3) is 4.04. The predicted molar refractivity (Wildman–Crippen MR) is 98.7 cm³/mol. The zero-order chi connectivity index (χ0) is 18.0. The lowest BCUT2D eigenvalue weighted by molar-refractivity contribution is 0.466. The number of hydrogen-bond donors (Lipinski definition) is 0. The van der Waals surface area contributed by atoms with Crippen molar-refractivity contribution in [3.05, 3.63) is 76.5 Å². The molecule has 1 heterocycles. The highest BCUT2D eigenvalue weighted by atomic mass is 35.5. The molecule has 0 saturated carbocycles. The van der Waals surface area contributed by atoms with Crippen LogP contribution in [0.3, 0.4) is 0 Å². The molecule has 1 aromatic heterocycles. The third-order valence-electron chi connectivity index (χ3n) is 3.61. The summed E-state index contributed by atoms with van der Waals surface area (Å²) in [7, 11) is -2.21. The summed E-state index contributed by atoms with van der Waals surface area (Å²) in [5, 5.41) is 4.82. The Hall–Kier alpha value is -1.86. The van der Waals surface area contributed by atoms with Crippen molar-refractivity contribution in [2.24, 2.45) is 0 Å². The number of rotatable bonds is 5. The van der Waals surface area contributed by atoms with E-state index >= 15 is 0 Å². The van der Waals surface area contributed by atoms with E-state index in [1.54, 1.807) is 17.1 Å². The van der Waals surface area contributed by atoms with Gasteiger partial charge in [0.2, 0.25) is 10.0 Å². The highest BCUT2D eigenvalue weighted by Crippen LogP contribution is 2.25. The van der Waals surface area contributed by atoms with Crippen LogP contribution in [0.4, 0.5) is 0 Å². The van der Waals surface area contributed by atoms with E-state index in [1.165, 1.54) is 29.6 Å². The molecule has 0 radical (unpaired) electrons. The smallest absolute Gasteiger partial charge is 0.241 e. The van der Waals surface area contributed by atoms with Gasteiger partial charge in [0.1, 0.15) is 0 Å². The maximum atomic E-state index is 12.7. The van der Waals surface area contributed by atoms with E-state index < -0.39 is 10.0 Å². The van der Waals surface area contributed by atoms with E-state index in [2.05, 4.69) is 5.10 Å². The van der Waals surface area contributed by atoms with Crippen LogP contribution in [0.25, 0.3) is 5.69 Å². The Balaban J connectivity index is 1.82. The maximum absolute atomic E-state index is 12.7. The molecular formula is C17H15Cl2N3O2S. The van der Waals surface area contributed by atoms with Crippen LogP contribution in [0.1, 0.15) is 5.56 Å². The van der Waals surface area contributed by atoms with Gasteiger partial charge in [-0.25, -0.2) is 13.1 Å². The number of sulfonamides is 1. The Morgan fingerprint density at radius 2 is 1.72 bits per heavy atom. The second-order valence-electron chi connectivity index (χ2n) is 5.49. The Labute approximate surface area is 156 Å². The lowest BCUT2D eigenvalue weighted by atomic mass is 10.3. The first-order chi connectivity index (χ1) is 11.9. The van der Waals surface area contributed by atoms with Crippen molar-refractivity contribution >= 4 is 33.2 Å². The lowest BCUT2D eigenvalue weighted by Gasteiger charge is -2.16. The van der Waals surface area contributed by atoms with Crippen LogP contribution in [-0.2, 0) is 16.6 Å². The van der Waals surface area contributed by atoms with Gasteiger partial charge in [0, 0.05) is 35.4 Å². The number of hydrogen-bond acceptors (Lipinski definition) is 3. The number of nitrogens with zero attached hydrogens (tertiary/aromatic N) is 3. The summed E-state index contributed by atoms with van der Waals surface area (Å²) < 4.78 is 28.3. The molecule has 3 rings (SSSR count). The molecule has 8 heteroatoms. The second kappa shape index (κ2) is 7.17. The van der Waals surface area contributed by atoms with Crippen molar-refractivity contribution in [1.82, 2.24) is 14.1 Å². The average molecular weight is 396 g/mol. The van der Waals surface area contributed by atoms with Crippen LogP contribution >= 0.6 is 23.2 Å². The quantitative estimate of drug-likeness (QED) is 0.655. The van der Waals surface area contributed by atoms with Crippen LogP contribution in [-0.4, -0.2) is 29.6 Å². The zero-order valence-corrected chi connectivity index (χ0v) is 15.6. The van der Waals surface area contributed by atoms with Crippen molar-refractivity contribution in [1.29, 1.82) is 0 Å². The first kappa shape index (κ1) is 17.9. The van der Waals surface area contributed by atoms with Gasteiger partial charge in [-0.15, -0.1) is 0 Å². The van der Waals surface area contributed by atoms with Gasteiger partial charge in [-0.3, -0.25) is 0 Å². The summed E-state index contributed by atoms with van der Waals surface area (Å²) in [6, 6.07) is 13.8. The van der Waals surface area contributed by atoms with Gasteiger partial charge < -0.3 is 0 Å². The van der Waals surface area contributed by atoms with Crippen LogP contribution in [0.5, 0.6) is 0 Å². The third-order valence-corrected chi connectivity index (χ3v) is 5.82. The summed E-state index contributed by atoms with van der Waals surface area (Å²) in [6.07, 6.45) is 3.44. The summed E-state index contributed by atoms with van der Waals surface area (Å²) in [5.74, 6) is 0. The average Bonchev–Trinajstić information content (AvgIpc) is 3.03. The van der Waals surface area contributed by atoms with Crippen LogP contribution < -0.4 is 0 Å². The molecule has 0 aliphatic heterocycles. The molecule has 0 amide bonds. The van der Waals surface area contributed by atoms with Crippen molar-refractivity contribution in [3.8, 4) is 5.69 Å². The minimum absolute atomic E-state index is 0.0583. The Bertz CT molecular complexity index is 968. The number of benzene rings is 2. The minimum Gasteiger partial charge on any atom is -0.241 e. The summed E-state index contributed by atoms with van der Waals surface area (Å²) in [4.78, 5) is 0.0583. The molecule has 0 saturated heterocycles. The summed E-state index contributed by atoms with van der Waals surface area (Å²) in [5.41, 5.74) is 1.67. The fourth-order valence-electron chi connectivity index (χ4n) is 2.36. The molecule has 0 aliphatic rings. The molecule has 2 aromatic carbocycles. The van der Waals surface area contributed by atoms with Gasteiger partial charge in [0.05, 0.1) is 16.8 Å². The highest BCUT2D eigenvalue weighted by Gasteiger charge is 2.22. The lowest BCUT2D eigenvalue weighted by Crippen LogP contribution is -2.26.